The molecule has 0 spiro atoms. The summed E-state index contributed by atoms with van der Waals surface area (Å²) in [5, 5.41) is 0. The second-order valence-corrected chi connectivity index (χ2v) is 5.42. The smallest absolute Gasteiger partial charge is 0.159 e. The highest BCUT2D eigenvalue weighted by Crippen LogP contribution is 2.28. The summed E-state index contributed by atoms with van der Waals surface area (Å²) in [6, 6.07) is 9.03. The molecule has 5 heteroatoms. The molecule has 2 nitrogen and oxygen atoms in total. The van der Waals surface area contributed by atoms with Gasteiger partial charge in [0.1, 0.15) is 12.4 Å². The minimum absolute atomic E-state index is 0.151. The van der Waals surface area contributed by atoms with Gasteiger partial charge in [-0.05, 0) is 42.8 Å². The topological polar surface area (TPSA) is 35.2 Å². The van der Waals surface area contributed by atoms with E-state index in [0.717, 1.165) is 22.2 Å². The lowest BCUT2D eigenvalue weighted by Gasteiger charge is -2.14. The number of ether oxygens (including phenoxy) is 1. The maximum absolute atomic E-state index is 13.1. The molecular formula is C15H14BrF2NO. The fraction of sp³-hybridized carbons (Fsp3) is 0.200. The summed E-state index contributed by atoms with van der Waals surface area (Å²) in [6.45, 7) is 2.00. The molecule has 0 amide bonds. The van der Waals surface area contributed by atoms with Crippen molar-refractivity contribution in [2.45, 2.75) is 19.6 Å². The number of nitrogens with two attached hydrogens (primary N) is 1. The lowest BCUT2D eigenvalue weighted by molar-refractivity contribution is 0.300. The average molecular weight is 342 g/mol. The van der Waals surface area contributed by atoms with Gasteiger partial charge in [0.05, 0.1) is 0 Å². The lowest BCUT2D eigenvalue weighted by atomic mass is 10.1. The van der Waals surface area contributed by atoms with Crippen LogP contribution in [0.15, 0.2) is 40.9 Å². The molecule has 0 aliphatic carbocycles. The Morgan fingerprint density at radius 1 is 1.15 bits per heavy atom. The number of rotatable bonds is 4. The molecule has 2 aromatic carbocycles. The molecule has 1 atom stereocenters. The Labute approximate surface area is 124 Å². The van der Waals surface area contributed by atoms with E-state index in [2.05, 4.69) is 15.9 Å². The van der Waals surface area contributed by atoms with Gasteiger partial charge in [0.25, 0.3) is 0 Å². The zero-order valence-corrected chi connectivity index (χ0v) is 12.5. The molecule has 2 N–H and O–H groups in total. The van der Waals surface area contributed by atoms with Crippen molar-refractivity contribution < 1.29 is 13.5 Å². The van der Waals surface area contributed by atoms with Crippen LogP contribution in [0.2, 0.25) is 0 Å². The summed E-state index contributed by atoms with van der Waals surface area (Å²) in [6.07, 6.45) is 0. The van der Waals surface area contributed by atoms with E-state index in [1.807, 2.05) is 19.1 Å². The van der Waals surface area contributed by atoms with Crippen molar-refractivity contribution in [3.8, 4) is 5.75 Å². The maximum Gasteiger partial charge on any atom is 0.159 e. The number of halogens is 3. The highest BCUT2D eigenvalue weighted by Gasteiger charge is 2.10. The van der Waals surface area contributed by atoms with Crippen LogP contribution in [0, 0.1) is 11.6 Å². The third-order valence-electron chi connectivity index (χ3n) is 2.84. The number of hydrogen-bond donors (Lipinski definition) is 1. The SMILES string of the molecule is C[C@@H](N)c1cc(Br)ccc1OCc1ccc(F)c(F)c1. The Morgan fingerprint density at radius 3 is 2.55 bits per heavy atom. The van der Waals surface area contributed by atoms with E-state index in [-0.39, 0.29) is 12.6 Å². The third-order valence-corrected chi connectivity index (χ3v) is 3.33. The van der Waals surface area contributed by atoms with E-state index in [1.54, 1.807) is 6.07 Å². The molecule has 2 rings (SSSR count). The monoisotopic (exact) mass is 341 g/mol. The van der Waals surface area contributed by atoms with Gasteiger partial charge in [-0.25, -0.2) is 8.78 Å². The van der Waals surface area contributed by atoms with Crippen molar-refractivity contribution in [2.75, 3.05) is 0 Å². The van der Waals surface area contributed by atoms with E-state index in [1.165, 1.54) is 6.07 Å². The molecule has 0 saturated heterocycles. The Bertz CT molecular complexity index is 617. The summed E-state index contributed by atoms with van der Waals surface area (Å²) >= 11 is 3.38. The Morgan fingerprint density at radius 2 is 1.90 bits per heavy atom. The second-order valence-electron chi connectivity index (χ2n) is 4.51. The first-order valence-electron chi connectivity index (χ1n) is 6.09. The van der Waals surface area contributed by atoms with Crippen LogP contribution in [0.25, 0.3) is 0 Å². The van der Waals surface area contributed by atoms with Crippen LogP contribution in [0.3, 0.4) is 0 Å². The van der Waals surface area contributed by atoms with Crippen LogP contribution in [0.1, 0.15) is 24.1 Å². The molecule has 0 fully saturated rings. The highest BCUT2D eigenvalue weighted by molar-refractivity contribution is 9.10. The van der Waals surface area contributed by atoms with Crippen LogP contribution in [-0.2, 0) is 6.61 Å². The zero-order chi connectivity index (χ0) is 14.7. The molecule has 106 valence electrons. The van der Waals surface area contributed by atoms with Gasteiger partial charge in [-0.1, -0.05) is 22.0 Å². The largest absolute Gasteiger partial charge is 0.489 e. The van der Waals surface area contributed by atoms with Gasteiger partial charge >= 0.3 is 0 Å². The molecule has 0 aliphatic heterocycles. The van der Waals surface area contributed by atoms with E-state index < -0.39 is 11.6 Å². The van der Waals surface area contributed by atoms with Gasteiger partial charge in [-0.3, -0.25) is 0 Å². The van der Waals surface area contributed by atoms with E-state index in [9.17, 15) is 8.78 Å². The van der Waals surface area contributed by atoms with Crippen molar-refractivity contribution in [3.05, 3.63) is 63.6 Å². The zero-order valence-electron chi connectivity index (χ0n) is 10.9. The van der Waals surface area contributed by atoms with Crippen molar-refractivity contribution in [1.82, 2.24) is 0 Å². The van der Waals surface area contributed by atoms with Crippen molar-refractivity contribution in [2.24, 2.45) is 5.73 Å². The normalized spacial score (nSPS) is 12.2. The summed E-state index contributed by atoms with van der Waals surface area (Å²) in [4.78, 5) is 0. The quantitative estimate of drug-likeness (QED) is 0.898. The average Bonchev–Trinajstić information content (AvgIpc) is 2.41. The van der Waals surface area contributed by atoms with Gasteiger partial charge in [0, 0.05) is 16.1 Å². The minimum atomic E-state index is -0.880. The predicted molar refractivity (Wildman–Crippen MR) is 77.4 cm³/mol. The second kappa shape index (κ2) is 6.33. The van der Waals surface area contributed by atoms with Gasteiger partial charge < -0.3 is 10.5 Å². The lowest BCUT2D eigenvalue weighted by Crippen LogP contribution is -2.08. The number of benzene rings is 2. The Hall–Kier alpha value is -1.46. The summed E-state index contributed by atoms with van der Waals surface area (Å²) < 4.78 is 32.5. The first-order valence-corrected chi connectivity index (χ1v) is 6.88. The minimum Gasteiger partial charge on any atom is -0.489 e. The molecule has 0 aromatic heterocycles. The Kier molecular flexibility index (Phi) is 4.73. The van der Waals surface area contributed by atoms with Crippen molar-refractivity contribution in [1.29, 1.82) is 0 Å². The van der Waals surface area contributed by atoms with Gasteiger partial charge in [-0.2, -0.15) is 0 Å². The Balaban J connectivity index is 2.16. The molecule has 0 radical (unpaired) electrons. The van der Waals surface area contributed by atoms with Crippen LogP contribution in [0.4, 0.5) is 8.78 Å². The number of hydrogen-bond acceptors (Lipinski definition) is 2. The molecular weight excluding hydrogens is 328 g/mol. The third kappa shape index (κ3) is 3.55. The molecule has 0 bridgehead atoms. The summed E-state index contributed by atoms with van der Waals surface area (Å²) in [7, 11) is 0. The molecule has 2 aromatic rings. The summed E-state index contributed by atoms with van der Waals surface area (Å²) in [5.74, 6) is -1.11. The van der Waals surface area contributed by atoms with Crippen molar-refractivity contribution >= 4 is 15.9 Å². The van der Waals surface area contributed by atoms with Gasteiger partial charge in [-0.15, -0.1) is 0 Å². The molecule has 0 aliphatic rings. The van der Waals surface area contributed by atoms with Gasteiger partial charge in [0.2, 0.25) is 0 Å². The predicted octanol–water partition coefficient (Wildman–Crippen LogP) is 4.33. The molecule has 20 heavy (non-hydrogen) atoms. The first kappa shape index (κ1) is 14.9. The van der Waals surface area contributed by atoms with Crippen LogP contribution < -0.4 is 10.5 Å². The van der Waals surface area contributed by atoms with Crippen LogP contribution in [0.5, 0.6) is 5.75 Å². The van der Waals surface area contributed by atoms with Gasteiger partial charge in [0.15, 0.2) is 11.6 Å². The fourth-order valence-corrected chi connectivity index (χ4v) is 2.18. The van der Waals surface area contributed by atoms with E-state index >= 15 is 0 Å². The van der Waals surface area contributed by atoms with Crippen LogP contribution in [-0.4, -0.2) is 0 Å². The first-order chi connectivity index (χ1) is 9.47. The summed E-state index contributed by atoms with van der Waals surface area (Å²) in [5.41, 5.74) is 7.29. The van der Waals surface area contributed by atoms with E-state index in [0.29, 0.717) is 11.3 Å². The highest BCUT2D eigenvalue weighted by atomic mass is 79.9. The molecule has 0 saturated carbocycles. The fourth-order valence-electron chi connectivity index (χ4n) is 1.80. The maximum atomic E-state index is 13.1. The molecule has 0 unspecified atom stereocenters. The standard InChI is InChI=1S/C15H14BrF2NO/c1-9(19)12-7-11(16)3-5-15(12)20-8-10-2-4-13(17)14(18)6-10/h2-7,9H,8,19H2,1H3/t9-/m1/s1. The van der Waals surface area contributed by atoms with Crippen molar-refractivity contribution in [3.63, 3.8) is 0 Å². The van der Waals surface area contributed by atoms with Crippen LogP contribution >= 0.6 is 15.9 Å². The molecule has 0 heterocycles. The van der Waals surface area contributed by atoms with E-state index in [4.69, 9.17) is 10.5 Å².